The molecule has 58 heavy (non-hydrogen) atoms. The molecule has 0 aromatic heterocycles. The van der Waals surface area contributed by atoms with Crippen molar-refractivity contribution in [2.75, 3.05) is 50.8 Å². The van der Waals surface area contributed by atoms with Crippen LogP contribution in [0.2, 0.25) is 0 Å². The normalized spacial score (nSPS) is 26.9. The molecule has 298 valence electrons. The summed E-state index contributed by atoms with van der Waals surface area (Å²) in [5, 5.41) is 12.6. The van der Waals surface area contributed by atoms with E-state index in [1.165, 1.54) is 33.5 Å². The summed E-state index contributed by atoms with van der Waals surface area (Å²) in [6.45, 7) is 6.66. The molecule has 2 spiro atoms. The number of aromatic hydroxyl groups is 1. The van der Waals surface area contributed by atoms with Crippen molar-refractivity contribution in [1.29, 1.82) is 0 Å². The molecule has 2 N–H and O–H groups in total. The molecule has 0 bridgehead atoms. The molecule has 4 fully saturated rings. The lowest BCUT2D eigenvalue weighted by molar-refractivity contribution is -0.136. The summed E-state index contributed by atoms with van der Waals surface area (Å²) in [7, 11) is 0. The summed E-state index contributed by atoms with van der Waals surface area (Å²) in [4.78, 5) is 44.4. The highest BCUT2D eigenvalue weighted by Crippen LogP contribution is 2.51. The Morgan fingerprint density at radius 1 is 0.862 bits per heavy atom. The van der Waals surface area contributed by atoms with E-state index in [1.807, 2.05) is 18.2 Å². The van der Waals surface area contributed by atoms with Crippen molar-refractivity contribution in [3.63, 3.8) is 0 Å². The van der Waals surface area contributed by atoms with Crippen molar-refractivity contribution in [3.05, 3.63) is 124 Å². The molecule has 6 heterocycles. The Labute approximate surface area is 339 Å². The van der Waals surface area contributed by atoms with E-state index in [2.05, 4.69) is 81.8 Å². The standard InChI is InChI=1S/C48H50N4O6/c53-35-11-13-37-33(22-35)8-12-36(31-4-2-1-3-5-31)43(37)32-6-9-34(10-7-32)51-27-48(28-51)23-30(26-58-48)24-50-20-18-47(19-21-50)29-57-44-39-25-52(41-16-17-42(54)49-45(41)55)46(56)38(39)14-15-40(44)47/h1-7,9-11,13-15,22,30,36,41,43,53H,8,12,16-21,23-29H2,(H,49,54,55)/t30-,36+,41?,43-/m0/s1. The lowest BCUT2D eigenvalue weighted by atomic mass is 9.69. The number of rotatable bonds is 6. The third-order valence-electron chi connectivity index (χ3n) is 14.7. The molecule has 1 unspecified atom stereocenters. The van der Waals surface area contributed by atoms with E-state index >= 15 is 0 Å². The maximum absolute atomic E-state index is 13.4. The van der Waals surface area contributed by atoms with E-state index in [0.717, 1.165) is 82.7 Å². The number of phenolic OH excluding ortho intramolecular Hbond substituents is 1. The number of carbonyl (C=O) groups excluding carboxylic acids is 3. The van der Waals surface area contributed by atoms with E-state index in [0.29, 0.717) is 42.7 Å². The Kier molecular flexibility index (Phi) is 8.49. The molecule has 4 aromatic rings. The first-order chi connectivity index (χ1) is 28.2. The van der Waals surface area contributed by atoms with Gasteiger partial charge in [0.15, 0.2) is 0 Å². The summed E-state index contributed by atoms with van der Waals surface area (Å²) in [6, 6.07) is 29.4. The van der Waals surface area contributed by atoms with Gasteiger partial charge in [0, 0.05) is 59.8 Å². The van der Waals surface area contributed by atoms with Gasteiger partial charge in [-0.2, -0.15) is 0 Å². The van der Waals surface area contributed by atoms with Gasteiger partial charge in [-0.05, 0) is 116 Å². The molecule has 0 radical (unpaired) electrons. The first kappa shape index (κ1) is 35.9. The number of aryl methyl sites for hydroxylation is 1. The number of nitrogens with zero attached hydrogens (tertiary/aromatic N) is 3. The summed E-state index contributed by atoms with van der Waals surface area (Å²) < 4.78 is 13.0. The van der Waals surface area contributed by atoms with Gasteiger partial charge in [-0.1, -0.05) is 54.6 Å². The second-order valence-corrected chi connectivity index (χ2v) is 18.2. The Bertz CT molecular complexity index is 2300. The zero-order valence-electron chi connectivity index (χ0n) is 32.8. The number of anilines is 1. The molecule has 4 aromatic carbocycles. The highest BCUT2D eigenvalue weighted by Gasteiger charge is 2.51. The van der Waals surface area contributed by atoms with Crippen molar-refractivity contribution in [2.24, 2.45) is 5.92 Å². The average Bonchev–Trinajstić information content (AvgIpc) is 3.92. The van der Waals surface area contributed by atoms with Crippen molar-refractivity contribution < 1.29 is 29.0 Å². The highest BCUT2D eigenvalue weighted by molar-refractivity contribution is 6.05. The highest BCUT2D eigenvalue weighted by atomic mass is 16.5. The molecule has 1 aliphatic carbocycles. The lowest BCUT2D eigenvalue weighted by Gasteiger charge is -2.49. The molecular weight excluding hydrogens is 729 g/mol. The molecule has 4 atom stereocenters. The van der Waals surface area contributed by atoms with E-state index in [-0.39, 0.29) is 41.1 Å². The van der Waals surface area contributed by atoms with Gasteiger partial charge < -0.3 is 29.3 Å². The maximum Gasteiger partial charge on any atom is 0.255 e. The van der Waals surface area contributed by atoms with Gasteiger partial charge in [0.1, 0.15) is 23.1 Å². The minimum absolute atomic E-state index is 0.0603. The van der Waals surface area contributed by atoms with E-state index in [1.54, 1.807) is 4.90 Å². The van der Waals surface area contributed by atoms with Crippen molar-refractivity contribution in [2.45, 2.75) is 80.4 Å². The zero-order chi connectivity index (χ0) is 39.2. The van der Waals surface area contributed by atoms with Crippen LogP contribution in [0.3, 0.4) is 0 Å². The Morgan fingerprint density at radius 2 is 1.67 bits per heavy atom. The number of ether oxygens (including phenoxy) is 2. The predicted molar refractivity (Wildman–Crippen MR) is 218 cm³/mol. The predicted octanol–water partition coefficient (Wildman–Crippen LogP) is 6.04. The number of nitrogens with one attached hydrogen (secondary N) is 1. The smallest absolute Gasteiger partial charge is 0.255 e. The van der Waals surface area contributed by atoms with Crippen LogP contribution >= 0.6 is 0 Å². The number of carbonyl (C=O) groups is 3. The SMILES string of the molecule is O=C1CCC(N2Cc3c(ccc4c3OCC43CCN(C[C@H]4COC5(C4)CN(c4ccc([C@@H]6c7ccc(O)cc7CC[C@@H]6c6ccccc6)cc4)C5)CC3)C2=O)C(=O)N1. The van der Waals surface area contributed by atoms with Gasteiger partial charge in [-0.15, -0.1) is 0 Å². The number of benzene rings is 4. The van der Waals surface area contributed by atoms with Gasteiger partial charge in [0.05, 0.1) is 19.8 Å². The van der Waals surface area contributed by atoms with Crippen molar-refractivity contribution in [3.8, 4) is 11.5 Å². The molecule has 10 nitrogen and oxygen atoms in total. The molecular formula is C48H50N4O6. The first-order valence-electron chi connectivity index (χ1n) is 21.3. The number of imide groups is 1. The average molecular weight is 779 g/mol. The number of hydrogen-bond acceptors (Lipinski definition) is 8. The fourth-order valence-electron chi connectivity index (χ4n) is 11.7. The quantitative estimate of drug-likeness (QED) is 0.228. The van der Waals surface area contributed by atoms with Crippen LogP contribution in [0.4, 0.5) is 5.69 Å². The molecule has 10 heteroatoms. The molecule has 7 aliphatic rings. The maximum atomic E-state index is 13.4. The Hall–Kier alpha value is -5.19. The van der Waals surface area contributed by atoms with E-state index < -0.39 is 6.04 Å². The summed E-state index contributed by atoms with van der Waals surface area (Å²) in [5.41, 5.74) is 9.10. The van der Waals surface area contributed by atoms with E-state index in [4.69, 9.17) is 9.47 Å². The Morgan fingerprint density at radius 3 is 2.47 bits per heavy atom. The molecule has 6 aliphatic heterocycles. The third-order valence-corrected chi connectivity index (χ3v) is 14.7. The number of fused-ring (bicyclic) bond motifs is 5. The molecule has 4 saturated heterocycles. The molecule has 11 rings (SSSR count). The minimum atomic E-state index is -0.628. The van der Waals surface area contributed by atoms with Gasteiger partial charge in [0.25, 0.3) is 5.91 Å². The third kappa shape index (κ3) is 5.93. The topological polar surface area (TPSA) is 112 Å². The number of piperidine rings is 2. The van der Waals surface area contributed by atoms with Crippen LogP contribution in [0.1, 0.15) is 94.1 Å². The van der Waals surface area contributed by atoms with Crippen LogP contribution in [0.15, 0.2) is 84.9 Å². The number of hydrogen-bond donors (Lipinski definition) is 2. The largest absolute Gasteiger partial charge is 0.508 e. The van der Waals surface area contributed by atoms with Crippen LogP contribution in [-0.4, -0.2) is 90.2 Å². The second kappa shape index (κ2) is 13.7. The van der Waals surface area contributed by atoms with Gasteiger partial charge >= 0.3 is 0 Å². The van der Waals surface area contributed by atoms with Crippen molar-refractivity contribution in [1.82, 2.24) is 15.1 Å². The second-order valence-electron chi connectivity index (χ2n) is 18.2. The van der Waals surface area contributed by atoms with E-state index in [9.17, 15) is 19.5 Å². The van der Waals surface area contributed by atoms with Crippen LogP contribution in [-0.2, 0) is 32.7 Å². The number of amides is 3. The van der Waals surface area contributed by atoms with Crippen LogP contribution in [0.25, 0.3) is 0 Å². The van der Waals surface area contributed by atoms with Gasteiger partial charge in [-0.3, -0.25) is 19.7 Å². The van der Waals surface area contributed by atoms with Gasteiger partial charge in [-0.25, -0.2) is 0 Å². The van der Waals surface area contributed by atoms with Gasteiger partial charge in [0.2, 0.25) is 11.8 Å². The van der Waals surface area contributed by atoms with Crippen LogP contribution in [0.5, 0.6) is 11.5 Å². The molecule has 3 amide bonds. The lowest BCUT2D eigenvalue weighted by Crippen LogP contribution is -2.61. The van der Waals surface area contributed by atoms with Crippen LogP contribution < -0.4 is 15.0 Å². The fraction of sp³-hybridized carbons (Fsp3) is 0.438. The fourth-order valence-corrected chi connectivity index (χ4v) is 11.7. The molecule has 0 saturated carbocycles. The summed E-state index contributed by atoms with van der Waals surface area (Å²) >= 11 is 0. The Balaban J connectivity index is 0.705. The number of phenols is 1. The summed E-state index contributed by atoms with van der Waals surface area (Å²) in [5.74, 6) is 1.50. The number of likely N-dealkylation sites (tertiary alicyclic amines) is 1. The van der Waals surface area contributed by atoms with Crippen molar-refractivity contribution >= 4 is 23.4 Å². The zero-order valence-corrected chi connectivity index (χ0v) is 32.8. The minimum Gasteiger partial charge on any atom is -0.508 e. The first-order valence-corrected chi connectivity index (χ1v) is 21.3. The monoisotopic (exact) mass is 778 g/mol. The van der Waals surface area contributed by atoms with Crippen LogP contribution in [0, 0.1) is 5.92 Å². The summed E-state index contributed by atoms with van der Waals surface area (Å²) in [6.07, 6.45) is 5.73.